The Morgan fingerprint density at radius 2 is 1.77 bits per heavy atom. The van der Waals surface area contributed by atoms with Gasteiger partial charge in [-0.3, -0.25) is 13.9 Å². The highest BCUT2D eigenvalue weighted by atomic mass is 16.3. The van der Waals surface area contributed by atoms with Gasteiger partial charge in [0.2, 0.25) is 5.88 Å². The summed E-state index contributed by atoms with van der Waals surface area (Å²) in [6, 6.07) is 14.6. The largest absolute Gasteiger partial charge is 0.493 e. The van der Waals surface area contributed by atoms with Gasteiger partial charge in [-0.1, -0.05) is 37.3 Å². The van der Waals surface area contributed by atoms with Crippen molar-refractivity contribution in [1.82, 2.24) is 14.0 Å². The lowest BCUT2D eigenvalue weighted by molar-refractivity contribution is 0.0766. The number of imidazole rings is 1. The minimum atomic E-state index is -0.193. The van der Waals surface area contributed by atoms with Gasteiger partial charge in [-0.05, 0) is 53.6 Å². The highest BCUT2D eigenvalue weighted by molar-refractivity contribution is 5.99. The van der Waals surface area contributed by atoms with E-state index in [1.807, 2.05) is 48.2 Å². The third-order valence-electron chi connectivity index (χ3n) is 6.04. The van der Waals surface area contributed by atoms with E-state index in [4.69, 9.17) is 0 Å². The van der Waals surface area contributed by atoms with Crippen molar-refractivity contribution in [1.29, 1.82) is 0 Å². The van der Waals surface area contributed by atoms with E-state index in [-0.39, 0.29) is 17.5 Å². The number of carbonyl (C=O) groups excluding carboxylic acids is 1. The average molecular weight is 403 g/mol. The van der Waals surface area contributed by atoms with Crippen LogP contribution in [0.25, 0.3) is 11.1 Å². The van der Waals surface area contributed by atoms with Crippen molar-refractivity contribution >= 4 is 5.91 Å². The van der Waals surface area contributed by atoms with Gasteiger partial charge in [0.15, 0.2) is 0 Å². The van der Waals surface area contributed by atoms with Gasteiger partial charge in [-0.15, -0.1) is 0 Å². The van der Waals surface area contributed by atoms with Crippen molar-refractivity contribution in [2.45, 2.75) is 51.9 Å². The maximum absolute atomic E-state index is 12.5. The molecule has 1 amide bonds. The van der Waals surface area contributed by atoms with Crippen molar-refractivity contribution in [3.05, 3.63) is 75.8 Å². The second-order valence-electron chi connectivity index (χ2n) is 8.28. The maximum atomic E-state index is 12.5. The van der Waals surface area contributed by atoms with Gasteiger partial charge in [0.05, 0.1) is 12.7 Å². The minimum absolute atomic E-state index is 0.00593. The number of amides is 1. The van der Waals surface area contributed by atoms with E-state index in [9.17, 15) is 14.7 Å². The van der Waals surface area contributed by atoms with Crippen molar-refractivity contribution in [2.24, 2.45) is 0 Å². The molecule has 6 heteroatoms. The first kappa shape index (κ1) is 18.7. The molecule has 30 heavy (non-hydrogen) atoms. The number of benzene rings is 2. The molecule has 2 aliphatic rings. The predicted octanol–water partition coefficient (Wildman–Crippen LogP) is 3.60. The van der Waals surface area contributed by atoms with E-state index in [0.29, 0.717) is 25.7 Å². The number of hydrogen-bond donors (Lipinski definition) is 1. The quantitative estimate of drug-likeness (QED) is 0.684. The summed E-state index contributed by atoms with van der Waals surface area (Å²) in [5, 5.41) is 9.98. The monoisotopic (exact) mass is 403 g/mol. The zero-order valence-electron chi connectivity index (χ0n) is 17.0. The van der Waals surface area contributed by atoms with Crippen LogP contribution in [0.3, 0.4) is 0 Å². The highest BCUT2D eigenvalue weighted by Gasteiger charge is 2.38. The Bertz CT molecular complexity index is 1170. The molecule has 6 nitrogen and oxygen atoms in total. The summed E-state index contributed by atoms with van der Waals surface area (Å²) < 4.78 is 2.93. The molecule has 1 aromatic heterocycles. The fourth-order valence-electron chi connectivity index (χ4n) is 4.27. The number of aromatic hydroxyl groups is 1. The number of rotatable bonds is 6. The third-order valence-corrected chi connectivity index (χ3v) is 6.04. The van der Waals surface area contributed by atoms with Gasteiger partial charge in [-0.2, -0.15) is 0 Å². The van der Waals surface area contributed by atoms with Gasteiger partial charge in [0.1, 0.15) is 0 Å². The van der Waals surface area contributed by atoms with Crippen molar-refractivity contribution in [2.75, 3.05) is 0 Å². The van der Waals surface area contributed by atoms with E-state index in [1.165, 1.54) is 15.3 Å². The first-order valence-electron chi connectivity index (χ1n) is 10.6. The van der Waals surface area contributed by atoms with E-state index < -0.39 is 0 Å². The summed E-state index contributed by atoms with van der Waals surface area (Å²) in [6.07, 6.45) is 4.53. The van der Waals surface area contributed by atoms with Crippen LogP contribution in [0, 0.1) is 0 Å². The smallest absolute Gasteiger partial charge is 0.331 e. The molecule has 1 aliphatic carbocycles. The molecule has 1 aliphatic heterocycles. The Hall–Kier alpha value is -3.28. The molecule has 0 spiro atoms. The summed E-state index contributed by atoms with van der Waals surface area (Å²) in [7, 11) is 0. The van der Waals surface area contributed by atoms with E-state index in [2.05, 4.69) is 6.07 Å². The predicted molar refractivity (Wildman–Crippen MR) is 115 cm³/mol. The van der Waals surface area contributed by atoms with E-state index in [0.717, 1.165) is 47.1 Å². The lowest BCUT2D eigenvalue weighted by Gasteiger charge is -2.13. The fraction of sp³-hybridized carbons (Fsp3) is 0.333. The van der Waals surface area contributed by atoms with Gasteiger partial charge in [-0.25, -0.2) is 4.79 Å². The van der Waals surface area contributed by atoms with Crippen LogP contribution in [-0.4, -0.2) is 31.1 Å². The Kier molecular flexibility index (Phi) is 4.50. The van der Waals surface area contributed by atoms with E-state index >= 15 is 0 Å². The van der Waals surface area contributed by atoms with Gasteiger partial charge >= 0.3 is 5.69 Å². The second-order valence-corrected chi connectivity index (χ2v) is 8.28. The van der Waals surface area contributed by atoms with Crippen LogP contribution in [0.4, 0.5) is 0 Å². The molecule has 0 bridgehead atoms. The van der Waals surface area contributed by atoms with Crippen LogP contribution in [-0.2, 0) is 19.6 Å². The minimum Gasteiger partial charge on any atom is -0.493 e. The summed E-state index contributed by atoms with van der Waals surface area (Å²) in [5.41, 5.74) is 4.91. The van der Waals surface area contributed by atoms with Crippen LogP contribution in [0.5, 0.6) is 5.88 Å². The van der Waals surface area contributed by atoms with Crippen molar-refractivity contribution in [3.63, 3.8) is 0 Å². The average Bonchev–Trinajstić information content (AvgIpc) is 3.50. The molecule has 5 rings (SSSR count). The number of carbonyl (C=O) groups is 1. The number of fused-ring (bicyclic) bond motifs is 1. The lowest BCUT2D eigenvalue weighted by atomic mass is 9.99. The van der Waals surface area contributed by atoms with Crippen LogP contribution in [0.1, 0.15) is 47.7 Å². The molecule has 2 aromatic carbocycles. The molecule has 2 heterocycles. The highest BCUT2D eigenvalue weighted by Crippen LogP contribution is 2.36. The number of nitrogens with zero attached hydrogens (tertiary/aromatic N) is 3. The van der Waals surface area contributed by atoms with Gasteiger partial charge in [0.25, 0.3) is 5.91 Å². The molecule has 0 saturated heterocycles. The molecule has 1 saturated carbocycles. The summed E-state index contributed by atoms with van der Waals surface area (Å²) >= 11 is 0. The Morgan fingerprint density at radius 3 is 2.47 bits per heavy atom. The Labute approximate surface area is 175 Å². The Morgan fingerprint density at radius 1 is 1.03 bits per heavy atom. The molecule has 1 fully saturated rings. The van der Waals surface area contributed by atoms with E-state index in [1.54, 1.807) is 0 Å². The van der Waals surface area contributed by atoms with Gasteiger partial charge < -0.3 is 10.0 Å². The Balaban J connectivity index is 1.35. The fourth-order valence-corrected chi connectivity index (χ4v) is 4.27. The molecule has 0 radical (unpaired) electrons. The zero-order chi connectivity index (χ0) is 20.8. The normalized spacial score (nSPS) is 15.6. The molecule has 0 atom stereocenters. The van der Waals surface area contributed by atoms with Crippen LogP contribution >= 0.6 is 0 Å². The summed E-state index contributed by atoms with van der Waals surface area (Å²) in [4.78, 5) is 26.9. The second kappa shape index (κ2) is 7.20. The molecule has 1 N–H and O–H groups in total. The zero-order valence-corrected chi connectivity index (χ0v) is 17.0. The SMILES string of the molecule is CCCn1c(O)cn(Cc2ccc(-c3ccc4c(c3)CN(C3CC3)C4=O)cc2)c1=O. The summed E-state index contributed by atoms with van der Waals surface area (Å²) in [6.45, 7) is 3.61. The third kappa shape index (κ3) is 3.22. The molecule has 0 unspecified atom stereocenters. The lowest BCUT2D eigenvalue weighted by Crippen LogP contribution is -2.25. The molecular weight excluding hydrogens is 378 g/mol. The summed E-state index contributed by atoms with van der Waals surface area (Å²) in [5.74, 6) is 0.171. The van der Waals surface area contributed by atoms with Crippen LogP contribution < -0.4 is 5.69 Å². The topological polar surface area (TPSA) is 67.5 Å². The van der Waals surface area contributed by atoms with Crippen LogP contribution in [0.2, 0.25) is 0 Å². The van der Waals surface area contributed by atoms with Gasteiger partial charge in [0, 0.05) is 24.7 Å². The maximum Gasteiger partial charge on any atom is 0.331 e. The first-order valence-corrected chi connectivity index (χ1v) is 10.6. The molecular formula is C24H25N3O3. The first-order chi connectivity index (χ1) is 14.5. The van der Waals surface area contributed by atoms with Crippen molar-refractivity contribution in [3.8, 4) is 17.0 Å². The van der Waals surface area contributed by atoms with Crippen molar-refractivity contribution < 1.29 is 9.90 Å². The standard InChI is InChI=1S/C24H25N3O3/c1-2-11-26-22(28)15-25(24(26)30)13-16-3-5-17(6-4-16)18-7-10-21-19(12-18)14-27(23(21)29)20-8-9-20/h3-7,10,12,15,20,28H,2,8-9,11,13-14H2,1H3. The molecule has 154 valence electrons. The molecule has 3 aromatic rings. The van der Waals surface area contributed by atoms with Crippen LogP contribution in [0.15, 0.2) is 53.5 Å². The number of hydrogen-bond acceptors (Lipinski definition) is 3. The number of aromatic nitrogens is 2.